The van der Waals surface area contributed by atoms with Gasteiger partial charge in [0.05, 0.1) is 12.1 Å². The van der Waals surface area contributed by atoms with Gasteiger partial charge >= 0.3 is 11.9 Å². The van der Waals surface area contributed by atoms with Gasteiger partial charge in [-0.1, -0.05) is 36.4 Å². The smallest absolute Gasteiger partial charge is 0.364 e. The van der Waals surface area contributed by atoms with Gasteiger partial charge in [-0.25, -0.2) is 9.78 Å². The number of halogens is 3. The van der Waals surface area contributed by atoms with E-state index in [1.165, 1.54) is 4.57 Å². The third kappa shape index (κ3) is 4.05. The summed E-state index contributed by atoms with van der Waals surface area (Å²) >= 11 is 0. The first kappa shape index (κ1) is 19.7. The molecule has 0 bridgehead atoms. The molecule has 0 fully saturated rings. The number of nitrogens with one attached hydrogen (secondary N) is 2. The molecule has 4 aromatic rings. The van der Waals surface area contributed by atoms with Crippen LogP contribution in [0.3, 0.4) is 0 Å². The van der Waals surface area contributed by atoms with E-state index in [-0.39, 0.29) is 29.9 Å². The Morgan fingerprint density at radius 1 is 1.10 bits per heavy atom. The number of hydrogen-bond donors (Lipinski definition) is 2. The summed E-state index contributed by atoms with van der Waals surface area (Å²) in [5.74, 6) is -0.0263. The maximum absolute atomic E-state index is 13.5. The Labute approximate surface area is 169 Å². The van der Waals surface area contributed by atoms with Gasteiger partial charge in [0.25, 0.3) is 0 Å². The van der Waals surface area contributed by atoms with Crippen LogP contribution in [-0.2, 0) is 19.3 Å². The van der Waals surface area contributed by atoms with Gasteiger partial charge in [-0.15, -0.1) is 0 Å². The van der Waals surface area contributed by atoms with Gasteiger partial charge in [0.15, 0.2) is 5.82 Å². The highest BCUT2D eigenvalue weighted by molar-refractivity contribution is 5.86. The van der Waals surface area contributed by atoms with E-state index in [1.807, 2.05) is 37.3 Å². The summed E-state index contributed by atoms with van der Waals surface area (Å²) in [6.07, 6.45) is -3.05. The standard InChI is InChI=1S/C21H18F3N5O/c1-13-7-8-15(11-25-13)12-29-16-9-17(21(22,23)24)27-19(18(16)28-20(29)30)26-10-14-5-3-2-4-6-14/h2-9,11H,10,12H2,1H3,(H,26,27)(H,28,30). The number of imidazole rings is 1. The molecule has 0 atom stereocenters. The number of rotatable bonds is 5. The fourth-order valence-corrected chi connectivity index (χ4v) is 3.14. The van der Waals surface area contributed by atoms with Crippen molar-refractivity contribution in [3.05, 3.63) is 87.7 Å². The number of alkyl halides is 3. The monoisotopic (exact) mass is 413 g/mol. The quantitative estimate of drug-likeness (QED) is 0.516. The molecular formula is C21H18F3N5O. The van der Waals surface area contributed by atoms with Crippen LogP contribution >= 0.6 is 0 Å². The van der Waals surface area contributed by atoms with Crippen LogP contribution < -0.4 is 11.0 Å². The second-order valence-corrected chi connectivity index (χ2v) is 6.91. The zero-order valence-corrected chi connectivity index (χ0v) is 16.0. The summed E-state index contributed by atoms with van der Waals surface area (Å²) in [5, 5.41) is 2.92. The summed E-state index contributed by atoms with van der Waals surface area (Å²) in [6, 6.07) is 13.7. The molecule has 0 aliphatic rings. The van der Waals surface area contributed by atoms with E-state index in [1.54, 1.807) is 18.3 Å². The molecule has 0 aliphatic carbocycles. The molecule has 30 heavy (non-hydrogen) atoms. The molecule has 0 aliphatic heterocycles. The lowest BCUT2D eigenvalue weighted by Crippen LogP contribution is -2.17. The predicted molar refractivity (Wildman–Crippen MR) is 107 cm³/mol. The highest BCUT2D eigenvalue weighted by Gasteiger charge is 2.34. The van der Waals surface area contributed by atoms with Crippen molar-refractivity contribution in [3.8, 4) is 0 Å². The van der Waals surface area contributed by atoms with Crippen LogP contribution in [0.15, 0.2) is 59.5 Å². The Balaban J connectivity index is 1.78. The first-order valence-corrected chi connectivity index (χ1v) is 9.21. The number of nitrogens with zero attached hydrogens (tertiary/aromatic N) is 3. The summed E-state index contributed by atoms with van der Waals surface area (Å²) in [6.45, 7) is 2.18. The Morgan fingerprint density at radius 3 is 2.53 bits per heavy atom. The van der Waals surface area contributed by atoms with Crippen molar-refractivity contribution in [3.63, 3.8) is 0 Å². The second-order valence-electron chi connectivity index (χ2n) is 6.91. The molecule has 0 saturated carbocycles. The normalized spacial score (nSPS) is 11.7. The molecule has 154 valence electrons. The maximum atomic E-state index is 13.5. The highest BCUT2D eigenvalue weighted by atomic mass is 19.4. The van der Waals surface area contributed by atoms with Crippen LogP contribution in [-0.4, -0.2) is 19.5 Å². The van der Waals surface area contributed by atoms with Crippen molar-refractivity contribution in [2.45, 2.75) is 26.2 Å². The average Bonchev–Trinajstić information content (AvgIpc) is 3.03. The van der Waals surface area contributed by atoms with Crippen molar-refractivity contribution < 1.29 is 13.2 Å². The largest absolute Gasteiger partial charge is 0.433 e. The number of H-pyrrole nitrogens is 1. The van der Waals surface area contributed by atoms with Gasteiger partial charge in [-0.3, -0.25) is 9.55 Å². The number of hydrogen-bond acceptors (Lipinski definition) is 4. The second kappa shape index (κ2) is 7.66. The summed E-state index contributed by atoms with van der Waals surface area (Å²) < 4.78 is 41.7. The van der Waals surface area contributed by atoms with Gasteiger partial charge in [0, 0.05) is 18.4 Å². The zero-order valence-electron chi connectivity index (χ0n) is 16.0. The van der Waals surface area contributed by atoms with Gasteiger partial charge < -0.3 is 10.3 Å². The van der Waals surface area contributed by atoms with Crippen molar-refractivity contribution >= 4 is 16.9 Å². The number of fused-ring (bicyclic) bond motifs is 1. The van der Waals surface area contributed by atoms with Crippen molar-refractivity contribution in [1.82, 2.24) is 19.5 Å². The van der Waals surface area contributed by atoms with E-state index in [0.717, 1.165) is 17.3 Å². The van der Waals surface area contributed by atoms with E-state index in [2.05, 4.69) is 20.3 Å². The van der Waals surface area contributed by atoms with Crippen LogP contribution in [0.25, 0.3) is 11.0 Å². The third-order valence-corrected chi connectivity index (χ3v) is 4.67. The molecular weight excluding hydrogens is 395 g/mol. The van der Waals surface area contributed by atoms with Crippen molar-refractivity contribution in [2.75, 3.05) is 5.32 Å². The molecule has 0 amide bonds. The maximum Gasteiger partial charge on any atom is 0.433 e. The minimum Gasteiger partial charge on any atom is -0.364 e. The van der Waals surface area contributed by atoms with Crippen LogP contribution in [0.5, 0.6) is 0 Å². The van der Waals surface area contributed by atoms with Gasteiger partial charge in [0.1, 0.15) is 11.2 Å². The minimum atomic E-state index is -4.65. The molecule has 0 saturated heterocycles. The molecule has 0 spiro atoms. The number of aryl methyl sites for hydroxylation is 1. The lowest BCUT2D eigenvalue weighted by molar-refractivity contribution is -0.141. The summed E-state index contributed by atoms with van der Waals surface area (Å²) in [5.41, 5.74) is 1.14. The van der Waals surface area contributed by atoms with Crippen LogP contribution in [0.2, 0.25) is 0 Å². The van der Waals surface area contributed by atoms with E-state index >= 15 is 0 Å². The van der Waals surface area contributed by atoms with Crippen molar-refractivity contribution in [2.24, 2.45) is 0 Å². The number of aromatic nitrogens is 4. The zero-order chi connectivity index (χ0) is 21.3. The van der Waals surface area contributed by atoms with Gasteiger partial charge in [-0.05, 0) is 30.2 Å². The molecule has 1 aromatic carbocycles. The lowest BCUT2D eigenvalue weighted by atomic mass is 10.2. The number of benzene rings is 1. The Bertz CT molecular complexity index is 1230. The SMILES string of the molecule is Cc1ccc(Cn2c(=O)[nH]c3c(NCc4ccccc4)nc(C(F)(F)F)cc32)cn1. The highest BCUT2D eigenvalue weighted by Crippen LogP contribution is 2.32. The Kier molecular flexibility index (Phi) is 5.03. The van der Waals surface area contributed by atoms with E-state index < -0.39 is 17.6 Å². The van der Waals surface area contributed by atoms with E-state index in [0.29, 0.717) is 5.56 Å². The molecule has 3 heterocycles. The predicted octanol–water partition coefficient (Wildman–Crippen LogP) is 4.11. The fraction of sp³-hybridized carbons (Fsp3) is 0.190. The Hall–Kier alpha value is -3.62. The number of pyridine rings is 2. The number of anilines is 1. The topological polar surface area (TPSA) is 75.6 Å². The van der Waals surface area contributed by atoms with Crippen LogP contribution in [0, 0.1) is 6.92 Å². The van der Waals surface area contributed by atoms with Crippen LogP contribution in [0.1, 0.15) is 22.5 Å². The minimum absolute atomic E-state index is 0.0263. The average molecular weight is 413 g/mol. The molecule has 2 N–H and O–H groups in total. The van der Waals surface area contributed by atoms with E-state index in [9.17, 15) is 18.0 Å². The first-order valence-electron chi connectivity index (χ1n) is 9.21. The third-order valence-electron chi connectivity index (χ3n) is 4.67. The molecule has 4 rings (SSSR count). The molecule has 0 radical (unpaired) electrons. The van der Waals surface area contributed by atoms with E-state index in [4.69, 9.17) is 0 Å². The summed E-state index contributed by atoms with van der Waals surface area (Å²) in [7, 11) is 0. The van der Waals surface area contributed by atoms with Gasteiger partial charge in [-0.2, -0.15) is 13.2 Å². The number of aromatic amines is 1. The lowest BCUT2D eigenvalue weighted by Gasteiger charge is -2.12. The van der Waals surface area contributed by atoms with Crippen molar-refractivity contribution in [1.29, 1.82) is 0 Å². The molecule has 0 unspecified atom stereocenters. The molecule has 9 heteroatoms. The van der Waals surface area contributed by atoms with Gasteiger partial charge in [0.2, 0.25) is 0 Å². The van der Waals surface area contributed by atoms with Crippen LogP contribution in [0.4, 0.5) is 19.0 Å². The Morgan fingerprint density at radius 2 is 1.87 bits per heavy atom. The molecule has 3 aromatic heterocycles. The fourth-order valence-electron chi connectivity index (χ4n) is 3.14. The summed E-state index contributed by atoms with van der Waals surface area (Å²) in [4.78, 5) is 23.1. The molecule has 6 nitrogen and oxygen atoms in total. The first-order chi connectivity index (χ1) is 14.3.